The van der Waals surface area contributed by atoms with E-state index in [-0.39, 0.29) is 21.8 Å². The number of likely N-dealkylation sites (tertiary alicyclic amines) is 1. The van der Waals surface area contributed by atoms with Gasteiger partial charge in [-0.1, -0.05) is 11.6 Å². The molecule has 0 bridgehead atoms. The van der Waals surface area contributed by atoms with Crippen LogP contribution < -0.4 is 10.1 Å². The van der Waals surface area contributed by atoms with Gasteiger partial charge in [-0.2, -0.15) is 0 Å². The summed E-state index contributed by atoms with van der Waals surface area (Å²) in [5, 5.41) is 2.73. The maximum atomic E-state index is 13.3. The summed E-state index contributed by atoms with van der Waals surface area (Å²) in [5.41, 5.74) is 1.08. The Morgan fingerprint density at radius 2 is 1.84 bits per heavy atom. The van der Waals surface area contributed by atoms with Gasteiger partial charge in [0.15, 0.2) is 0 Å². The first-order chi connectivity index (χ1) is 14.9. The summed E-state index contributed by atoms with van der Waals surface area (Å²) in [4.78, 5) is 29.2. The van der Waals surface area contributed by atoms with Crippen molar-refractivity contribution in [3.05, 3.63) is 58.9 Å². The van der Waals surface area contributed by atoms with Crippen molar-refractivity contribution in [3.63, 3.8) is 0 Å². The number of benzene rings is 2. The Labute approximate surface area is 189 Å². The van der Waals surface area contributed by atoms with Gasteiger partial charge in [0.2, 0.25) is 0 Å². The second-order valence-electron chi connectivity index (χ2n) is 7.53. The highest BCUT2D eigenvalue weighted by Gasteiger charge is 2.47. The van der Waals surface area contributed by atoms with E-state index in [0.717, 1.165) is 5.75 Å². The SMILES string of the molecule is COc1ccc(C(=O)N2CCSC23CCN(C(=O)Nc2ccc(F)c(Cl)c2)CC3)cc1. The first-order valence-electron chi connectivity index (χ1n) is 10.0. The van der Waals surface area contributed by atoms with Gasteiger partial charge in [-0.05, 0) is 55.3 Å². The summed E-state index contributed by atoms with van der Waals surface area (Å²) in [6, 6.07) is 11.0. The number of thioether (sulfide) groups is 1. The molecule has 0 radical (unpaired) electrons. The standard InChI is InChI=1S/C22H23ClFN3O3S/c1-30-17-5-2-15(3-6-17)20(28)27-12-13-31-22(27)8-10-26(11-9-22)21(29)25-16-4-7-19(24)18(23)14-16/h2-7,14H,8-13H2,1H3,(H,25,29). The highest BCUT2D eigenvalue weighted by molar-refractivity contribution is 8.00. The molecule has 0 aromatic heterocycles. The Morgan fingerprint density at radius 3 is 2.48 bits per heavy atom. The highest BCUT2D eigenvalue weighted by atomic mass is 35.5. The van der Waals surface area contributed by atoms with E-state index in [9.17, 15) is 14.0 Å². The number of rotatable bonds is 3. The lowest BCUT2D eigenvalue weighted by Gasteiger charge is -2.44. The lowest BCUT2D eigenvalue weighted by Crippen LogP contribution is -2.54. The Kier molecular flexibility index (Phi) is 6.29. The van der Waals surface area contributed by atoms with Crippen molar-refractivity contribution in [1.29, 1.82) is 0 Å². The van der Waals surface area contributed by atoms with Crippen molar-refractivity contribution in [2.75, 3.05) is 37.8 Å². The van der Waals surface area contributed by atoms with Gasteiger partial charge in [-0.25, -0.2) is 9.18 Å². The average molecular weight is 464 g/mol. The predicted octanol–water partition coefficient (Wildman–Crippen LogP) is 4.70. The molecule has 2 fully saturated rings. The molecule has 0 aliphatic carbocycles. The van der Waals surface area contributed by atoms with Crippen LogP contribution >= 0.6 is 23.4 Å². The maximum absolute atomic E-state index is 13.3. The number of hydrogen-bond acceptors (Lipinski definition) is 4. The zero-order valence-electron chi connectivity index (χ0n) is 17.1. The van der Waals surface area contributed by atoms with Crippen LogP contribution in [0.4, 0.5) is 14.9 Å². The van der Waals surface area contributed by atoms with Crippen molar-refractivity contribution in [1.82, 2.24) is 9.80 Å². The second-order valence-corrected chi connectivity index (χ2v) is 9.39. The molecule has 31 heavy (non-hydrogen) atoms. The van der Waals surface area contributed by atoms with Crippen molar-refractivity contribution < 1.29 is 18.7 Å². The van der Waals surface area contributed by atoms with Crippen LogP contribution in [0, 0.1) is 5.82 Å². The maximum Gasteiger partial charge on any atom is 0.321 e. The van der Waals surface area contributed by atoms with Crippen molar-refractivity contribution in [2.24, 2.45) is 0 Å². The molecule has 2 aliphatic heterocycles. The van der Waals surface area contributed by atoms with Crippen molar-refractivity contribution in [3.8, 4) is 5.75 Å². The second kappa shape index (κ2) is 8.96. The Hall–Kier alpha value is -2.45. The zero-order valence-corrected chi connectivity index (χ0v) is 18.6. The normalized spacial score (nSPS) is 17.6. The number of amides is 3. The number of methoxy groups -OCH3 is 1. The van der Waals surface area contributed by atoms with Crippen LogP contribution in [0.5, 0.6) is 5.75 Å². The van der Waals surface area contributed by atoms with Crippen LogP contribution in [-0.2, 0) is 0 Å². The van der Waals surface area contributed by atoms with Gasteiger partial charge in [0.1, 0.15) is 11.6 Å². The molecule has 2 heterocycles. The third-order valence-electron chi connectivity index (χ3n) is 5.76. The molecule has 9 heteroatoms. The number of hydrogen-bond donors (Lipinski definition) is 1. The molecule has 1 spiro atoms. The number of anilines is 1. The van der Waals surface area contributed by atoms with E-state index in [0.29, 0.717) is 49.5 Å². The molecule has 2 aliphatic rings. The fraction of sp³-hybridized carbons (Fsp3) is 0.364. The topological polar surface area (TPSA) is 61.9 Å². The quantitative estimate of drug-likeness (QED) is 0.716. The molecule has 164 valence electrons. The first kappa shape index (κ1) is 21.8. The van der Waals surface area contributed by atoms with Gasteiger partial charge >= 0.3 is 6.03 Å². The van der Waals surface area contributed by atoms with Gasteiger partial charge in [0, 0.05) is 36.6 Å². The smallest absolute Gasteiger partial charge is 0.321 e. The van der Waals surface area contributed by atoms with Crippen LogP contribution in [0.1, 0.15) is 23.2 Å². The third-order valence-corrected chi connectivity index (χ3v) is 7.60. The predicted molar refractivity (Wildman–Crippen MR) is 120 cm³/mol. The third kappa shape index (κ3) is 4.45. The van der Waals surface area contributed by atoms with Crippen LogP contribution in [0.3, 0.4) is 0 Å². The van der Waals surface area contributed by atoms with Gasteiger partial charge < -0.3 is 19.9 Å². The van der Waals surface area contributed by atoms with E-state index in [2.05, 4.69) is 5.32 Å². The Morgan fingerprint density at radius 1 is 1.13 bits per heavy atom. The minimum Gasteiger partial charge on any atom is -0.497 e. The average Bonchev–Trinajstić information content (AvgIpc) is 3.19. The zero-order chi connectivity index (χ0) is 22.0. The molecule has 4 rings (SSSR count). The fourth-order valence-electron chi connectivity index (χ4n) is 4.03. The molecular weight excluding hydrogens is 441 g/mol. The van der Waals surface area contributed by atoms with Crippen molar-refractivity contribution >= 4 is 41.0 Å². The van der Waals surface area contributed by atoms with Crippen LogP contribution in [0.15, 0.2) is 42.5 Å². The molecule has 6 nitrogen and oxygen atoms in total. The number of carbonyl (C=O) groups is 2. The molecular formula is C22H23ClFN3O3S. The molecule has 1 N–H and O–H groups in total. The minimum absolute atomic E-state index is 0.00603. The lowest BCUT2D eigenvalue weighted by molar-refractivity contribution is 0.0585. The monoisotopic (exact) mass is 463 g/mol. The van der Waals surface area contributed by atoms with Crippen LogP contribution in [-0.4, -0.2) is 59.1 Å². The van der Waals surface area contributed by atoms with E-state index >= 15 is 0 Å². The summed E-state index contributed by atoms with van der Waals surface area (Å²) in [6.07, 6.45) is 1.38. The molecule has 0 atom stereocenters. The number of urea groups is 1. The molecule has 2 saturated heterocycles. The molecule has 2 aromatic carbocycles. The summed E-state index contributed by atoms with van der Waals surface area (Å²) in [6.45, 7) is 1.75. The summed E-state index contributed by atoms with van der Waals surface area (Å²) < 4.78 is 18.5. The van der Waals surface area contributed by atoms with E-state index in [1.54, 1.807) is 48.0 Å². The Bertz CT molecular complexity index is 980. The molecule has 0 unspecified atom stereocenters. The van der Waals surface area contributed by atoms with E-state index in [1.807, 2.05) is 4.90 Å². The van der Waals surface area contributed by atoms with Crippen LogP contribution in [0.25, 0.3) is 0 Å². The Balaban J connectivity index is 1.40. The number of ether oxygens (including phenoxy) is 1. The lowest BCUT2D eigenvalue weighted by atomic mass is 10.0. The number of nitrogens with one attached hydrogen (secondary N) is 1. The summed E-state index contributed by atoms with van der Waals surface area (Å²) in [7, 11) is 1.59. The minimum atomic E-state index is -0.528. The first-order valence-corrected chi connectivity index (χ1v) is 11.4. The van der Waals surface area contributed by atoms with Gasteiger partial charge in [0.05, 0.1) is 17.0 Å². The van der Waals surface area contributed by atoms with Gasteiger partial charge in [-0.15, -0.1) is 11.8 Å². The van der Waals surface area contributed by atoms with Gasteiger partial charge in [-0.3, -0.25) is 4.79 Å². The number of piperidine rings is 1. The van der Waals surface area contributed by atoms with Gasteiger partial charge in [0.25, 0.3) is 5.91 Å². The molecule has 2 aromatic rings. The number of nitrogens with zero attached hydrogens (tertiary/aromatic N) is 2. The fourth-order valence-corrected chi connectivity index (χ4v) is 5.67. The number of carbonyl (C=O) groups excluding carboxylic acids is 2. The highest BCUT2D eigenvalue weighted by Crippen LogP contribution is 2.44. The summed E-state index contributed by atoms with van der Waals surface area (Å²) in [5.74, 6) is 1.07. The van der Waals surface area contributed by atoms with Crippen LogP contribution in [0.2, 0.25) is 5.02 Å². The molecule has 3 amide bonds. The number of halogens is 2. The largest absolute Gasteiger partial charge is 0.497 e. The van der Waals surface area contributed by atoms with E-state index in [1.165, 1.54) is 18.2 Å². The van der Waals surface area contributed by atoms with E-state index < -0.39 is 5.82 Å². The van der Waals surface area contributed by atoms with E-state index in [4.69, 9.17) is 16.3 Å². The molecule has 0 saturated carbocycles. The summed E-state index contributed by atoms with van der Waals surface area (Å²) >= 11 is 7.58. The van der Waals surface area contributed by atoms with Crippen molar-refractivity contribution in [2.45, 2.75) is 17.7 Å².